The largest absolute Gasteiger partial charge is 0.497 e. The number of ether oxygens (including phenoxy) is 1. The lowest BCUT2D eigenvalue weighted by Gasteiger charge is -2.35. The second-order valence-electron chi connectivity index (χ2n) is 7.00. The normalized spacial score (nSPS) is 14.5. The molecule has 0 bridgehead atoms. The summed E-state index contributed by atoms with van der Waals surface area (Å²) in [5.74, 6) is 1.74. The maximum Gasteiger partial charge on any atom is 0.232 e. The summed E-state index contributed by atoms with van der Waals surface area (Å²) in [6.45, 7) is 3.58. The number of piperazine rings is 1. The lowest BCUT2D eigenvalue weighted by molar-refractivity contribution is 0.243. The van der Waals surface area contributed by atoms with E-state index in [1.165, 1.54) is 6.07 Å². The Morgan fingerprint density at radius 2 is 1.73 bits per heavy atom. The van der Waals surface area contributed by atoms with Gasteiger partial charge < -0.3 is 20.7 Å². The van der Waals surface area contributed by atoms with Gasteiger partial charge in [0.15, 0.2) is 0 Å². The van der Waals surface area contributed by atoms with Gasteiger partial charge in [-0.05, 0) is 36.4 Å². The van der Waals surface area contributed by atoms with Gasteiger partial charge in [-0.25, -0.2) is 4.39 Å². The van der Waals surface area contributed by atoms with Gasteiger partial charge >= 0.3 is 0 Å². The van der Waals surface area contributed by atoms with Crippen molar-refractivity contribution in [2.45, 2.75) is 6.54 Å². The molecule has 0 unspecified atom stereocenters. The van der Waals surface area contributed by atoms with E-state index in [1.54, 1.807) is 13.2 Å². The molecule has 0 radical (unpaired) electrons. The lowest BCUT2D eigenvalue weighted by atomic mass is 10.2. The molecule has 1 saturated heterocycles. The van der Waals surface area contributed by atoms with Crippen molar-refractivity contribution >= 4 is 23.3 Å². The number of aromatic nitrogens is 3. The molecule has 3 aromatic rings. The Balaban J connectivity index is 1.38. The highest BCUT2D eigenvalue weighted by molar-refractivity contribution is 5.55. The molecule has 1 aliphatic rings. The van der Waals surface area contributed by atoms with Crippen molar-refractivity contribution in [1.29, 1.82) is 0 Å². The molecule has 0 atom stereocenters. The van der Waals surface area contributed by atoms with Crippen molar-refractivity contribution in [3.8, 4) is 5.75 Å². The third-order valence-corrected chi connectivity index (χ3v) is 4.98. The average molecular weight is 409 g/mol. The molecule has 30 heavy (non-hydrogen) atoms. The number of rotatable bonds is 6. The number of hydrogen-bond donors (Lipinski definition) is 2. The molecular weight excluding hydrogens is 385 g/mol. The van der Waals surface area contributed by atoms with Gasteiger partial charge in [0, 0.05) is 31.9 Å². The Kier molecular flexibility index (Phi) is 5.89. The molecule has 1 aliphatic heterocycles. The first-order chi connectivity index (χ1) is 14.6. The topological polar surface area (TPSA) is 92.4 Å². The second-order valence-corrected chi connectivity index (χ2v) is 7.00. The molecule has 0 amide bonds. The number of halogens is 1. The van der Waals surface area contributed by atoms with Crippen LogP contribution in [0.15, 0.2) is 48.5 Å². The van der Waals surface area contributed by atoms with E-state index in [4.69, 9.17) is 10.5 Å². The predicted octanol–water partition coefficient (Wildman–Crippen LogP) is 2.67. The van der Waals surface area contributed by atoms with Crippen LogP contribution in [0, 0.1) is 5.82 Å². The van der Waals surface area contributed by atoms with E-state index in [-0.39, 0.29) is 11.8 Å². The average Bonchev–Trinajstić information content (AvgIpc) is 2.75. The highest BCUT2D eigenvalue weighted by atomic mass is 19.1. The first-order valence-corrected chi connectivity index (χ1v) is 9.74. The molecule has 156 valence electrons. The van der Waals surface area contributed by atoms with Crippen LogP contribution in [-0.2, 0) is 6.54 Å². The van der Waals surface area contributed by atoms with Crippen molar-refractivity contribution in [3.05, 3.63) is 60.2 Å². The van der Waals surface area contributed by atoms with Crippen LogP contribution in [0.25, 0.3) is 0 Å². The van der Waals surface area contributed by atoms with Gasteiger partial charge in [0.25, 0.3) is 0 Å². The van der Waals surface area contributed by atoms with E-state index in [1.807, 2.05) is 36.4 Å². The number of nitrogen functional groups attached to an aromatic ring is 1. The summed E-state index contributed by atoms with van der Waals surface area (Å²) < 4.78 is 19.2. The number of anilines is 4. The van der Waals surface area contributed by atoms with Gasteiger partial charge in [0.05, 0.1) is 19.3 Å². The molecule has 2 heterocycles. The van der Waals surface area contributed by atoms with Gasteiger partial charge in [0.1, 0.15) is 17.4 Å². The minimum atomic E-state index is -0.189. The Hall–Kier alpha value is -3.46. The Morgan fingerprint density at radius 1 is 1.00 bits per heavy atom. The lowest BCUT2D eigenvalue weighted by Crippen LogP contribution is -2.46. The van der Waals surface area contributed by atoms with Crippen LogP contribution in [0.4, 0.5) is 27.7 Å². The van der Waals surface area contributed by atoms with Gasteiger partial charge in [-0.1, -0.05) is 12.1 Å². The molecule has 3 N–H and O–H groups in total. The van der Waals surface area contributed by atoms with Crippen LogP contribution in [0.5, 0.6) is 5.75 Å². The highest BCUT2D eigenvalue weighted by Gasteiger charge is 2.20. The van der Waals surface area contributed by atoms with E-state index in [9.17, 15) is 4.39 Å². The monoisotopic (exact) mass is 409 g/mol. The minimum Gasteiger partial charge on any atom is -0.497 e. The number of hydrogen-bond acceptors (Lipinski definition) is 8. The molecular formula is C21H24FN7O. The number of nitrogens with zero attached hydrogens (tertiary/aromatic N) is 5. The molecule has 2 aromatic carbocycles. The minimum absolute atomic E-state index is 0.168. The van der Waals surface area contributed by atoms with E-state index < -0.39 is 0 Å². The van der Waals surface area contributed by atoms with Crippen LogP contribution >= 0.6 is 0 Å². The SMILES string of the molecule is COc1ccc(Nc2nc(N)nc(CN3CCN(c4ccccc4F)CC3)n2)cc1. The number of para-hydroxylation sites is 1. The summed E-state index contributed by atoms with van der Waals surface area (Å²) in [5.41, 5.74) is 7.36. The van der Waals surface area contributed by atoms with Gasteiger partial charge in [-0.15, -0.1) is 0 Å². The van der Waals surface area contributed by atoms with Gasteiger partial charge in [-0.3, -0.25) is 4.90 Å². The molecule has 0 saturated carbocycles. The molecule has 4 rings (SSSR count). The quantitative estimate of drug-likeness (QED) is 0.642. The summed E-state index contributed by atoms with van der Waals surface area (Å²) >= 11 is 0. The third-order valence-electron chi connectivity index (χ3n) is 4.98. The molecule has 0 aliphatic carbocycles. The molecule has 1 fully saturated rings. The van der Waals surface area contributed by atoms with Crippen molar-refractivity contribution < 1.29 is 9.13 Å². The zero-order valence-electron chi connectivity index (χ0n) is 16.8. The summed E-state index contributed by atoms with van der Waals surface area (Å²) in [5, 5.41) is 3.14. The van der Waals surface area contributed by atoms with Crippen molar-refractivity contribution in [2.75, 3.05) is 49.2 Å². The third kappa shape index (κ3) is 4.74. The fourth-order valence-corrected chi connectivity index (χ4v) is 3.42. The molecule has 8 nitrogen and oxygen atoms in total. The summed E-state index contributed by atoms with van der Waals surface area (Å²) in [7, 11) is 1.62. The van der Waals surface area contributed by atoms with Crippen LogP contribution in [-0.4, -0.2) is 53.1 Å². The summed E-state index contributed by atoms with van der Waals surface area (Å²) in [4.78, 5) is 17.2. The zero-order valence-corrected chi connectivity index (χ0v) is 16.8. The standard InChI is InChI=1S/C21H24FN7O/c1-30-16-8-6-15(7-9-16)24-21-26-19(25-20(23)27-21)14-28-10-12-29(13-11-28)18-5-3-2-4-17(18)22/h2-9H,10-14H2,1H3,(H3,23,24,25,26,27). The Labute approximate surface area is 174 Å². The maximum absolute atomic E-state index is 14.0. The second kappa shape index (κ2) is 8.91. The molecule has 9 heteroatoms. The van der Waals surface area contributed by atoms with E-state index in [0.29, 0.717) is 24.0 Å². The Bertz CT molecular complexity index is 991. The van der Waals surface area contributed by atoms with Gasteiger partial charge in [0.2, 0.25) is 11.9 Å². The first-order valence-electron chi connectivity index (χ1n) is 9.74. The maximum atomic E-state index is 14.0. The Morgan fingerprint density at radius 3 is 2.43 bits per heavy atom. The first kappa shape index (κ1) is 19.8. The fourth-order valence-electron chi connectivity index (χ4n) is 3.42. The van der Waals surface area contributed by atoms with E-state index >= 15 is 0 Å². The number of nitrogens with one attached hydrogen (secondary N) is 1. The van der Waals surface area contributed by atoms with E-state index in [0.717, 1.165) is 37.6 Å². The summed E-state index contributed by atoms with van der Waals surface area (Å²) in [6.07, 6.45) is 0. The van der Waals surface area contributed by atoms with Crippen molar-refractivity contribution in [1.82, 2.24) is 19.9 Å². The number of benzene rings is 2. The van der Waals surface area contributed by atoms with E-state index in [2.05, 4.69) is 30.1 Å². The molecule has 1 aromatic heterocycles. The van der Waals surface area contributed by atoms with Crippen LogP contribution < -0.4 is 20.7 Å². The summed E-state index contributed by atoms with van der Waals surface area (Å²) in [6, 6.07) is 14.3. The van der Waals surface area contributed by atoms with Gasteiger partial charge in [-0.2, -0.15) is 15.0 Å². The predicted molar refractivity (Wildman–Crippen MR) is 114 cm³/mol. The van der Waals surface area contributed by atoms with Crippen LogP contribution in [0.3, 0.4) is 0 Å². The zero-order chi connectivity index (χ0) is 20.9. The highest BCUT2D eigenvalue weighted by Crippen LogP contribution is 2.21. The number of methoxy groups -OCH3 is 1. The smallest absolute Gasteiger partial charge is 0.232 e. The molecule has 0 spiro atoms. The van der Waals surface area contributed by atoms with Crippen LogP contribution in [0.2, 0.25) is 0 Å². The fraction of sp³-hybridized carbons (Fsp3) is 0.286. The van der Waals surface area contributed by atoms with Crippen molar-refractivity contribution in [3.63, 3.8) is 0 Å². The number of nitrogens with two attached hydrogens (primary N) is 1. The van der Waals surface area contributed by atoms with Crippen molar-refractivity contribution in [2.24, 2.45) is 0 Å². The van der Waals surface area contributed by atoms with Crippen LogP contribution in [0.1, 0.15) is 5.82 Å².